The van der Waals surface area contributed by atoms with Crippen molar-refractivity contribution >= 4 is 14.1 Å². The van der Waals surface area contributed by atoms with E-state index in [0.29, 0.717) is 0 Å². The smallest absolute Gasteiger partial charge is 0.258 e. The number of hydrogen-bond acceptors (Lipinski definition) is 1. The van der Waals surface area contributed by atoms with Gasteiger partial charge >= 0.3 is 14.1 Å². The number of aryl methyl sites for hydroxylation is 2. The molecular formula is C13H18AlN. The number of pyridine rings is 1. The van der Waals surface area contributed by atoms with Gasteiger partial charge in [0, 0.05) is 17.0 Å². The van der Waals surface area contributed by atoms with Gasteiger partial charge in [-0.1, -0.05) is 30.3 Å². The van der Waals surface area contributed by atoms with E-state index in [-0.39, 0.29) is 0 Å². The number of nitrogens with zero attached hydrogens (tertiary/aromatic N) is 1. The van der Waals surface area contributed by atoms with Crippen molar-refractivity contribution in [3.05, 3.63) is 29.1 Å². The summed E-state index contributed by atoms with van der Waals surface area (Å²) in [6, 6.07) is 4.13. The molecule has 0 aliphatic carbocycles. The van der Waals surface area contributed by atoms with Crippen molar-refractivity contribution < 1.29 is 0 Å². The van der Waals surface area contributed by atoms with Gasteiger partial charge in [0.2, 0.25) is 0 Å². The molecule has 0 amide bonds. The Kier molecular flexibility index (Phi) is 4.90. The van der Waals surface area contributed by atoms with Crippen molar-refractivity contribution in [1.29, 1.82) is 0 Å². The average molecular weight is 215 g/mol. The maximum Gasteiger partial charge on any atom is 0.376 e. The van der Waals surface area contributed by atoms with Gasteiger partial charge in [-0.3, -0.25) is 4.98 Å². The van der Waals surface area contributed by atoms with Crippen LogP contribution in [0.25, 0.3) is 0 Å². The average Bonchev–Trinajstić information content (AvgIpc) is 2.18. The molecule has 15 heavy (non-hydrogen) atoms. The third-order valence-electron chi connectivity index (χ3n) is 2.49. The summed E-state index contributed by atoms with van der Waals surface area (Å²) in [7, 11) is 0. The molecule has 1 aromatic heterocycles. The highest BCUT2D eigenvalue weighted by Gasteiger charge is 2.07. The van der Waals surface area contributed by atoms with Gasteiger partial charge < -0.3 is 0 Å². The third kappa shape index (κ3) is 4.08. The summed E-state index contributed by atoms with van der Waals surface area (Å²) < 4.78 is 0. The van der Waals surface area contributed by atoms with E-state index in [4.69, 9.17) is 0 Å². The van der Waals surface area contributed by atoms with E-state index in [1.807, 2.05) is 13.8 Å². The van der Waals surface area contributed by atoms with Crippen LogP contribution in [0, 0.1) is 24.6 Å². The van der Waals surface area contributed by atoms with Gasteiger partial charge in [-0.15, -0.1) is 0 Å². The van der Waals surface area contributed by atoms with Crippen LogP contribution >= 0.6 is 0 Å². The fourth-order valence-electron chi connectivity index (χ4n) is 1.58. The third-order valence-corrected chi connectivity index (χ3v) is 5.01. The lowest BCUT2D eigenvalue weighted by atomic mass is 10.2. The molecule has 0 atom stereocenters. The predicted octanol–water partition coefficient (Wildman–Crippen LogP) is 3.12. The van der Waals surface area contributed by atoms with Crippen molar-refractivity contribution in [2.45, 2.75) is 38.3 Å². The highest BCUT2D eigenvalue weighted by Crippen LogP contribution is 2.04. The summed E-state index contributed by atoms with van der Waals surface area (Å²) in [5.74, 6) is 3.30. The molecule has 0 saturated heterocycles. The first-order chi connectivity index (χ1) is 7.15. The summed E-state index contributed by atoms with van der Waals surface area (Å²) >= 11 is -0.775. The fraction of sp³-hybridized carbons (Fsp3) is 0.462. The fourth-order valence-corrected chi connectivity index (χ4v) is 2.94. The quantitative estimate of drug-likeness (QED) is 0.545. The molecule has 1 rings (SSSR count). The van der Waals surface area contributed by atoms with Crippen molar-refractivity contribution in [2.75, 3.05) is 0 Å². The molecule has 0 aliphatic heterocycles. The second-order valence-corrected chi connectivity index (χ2v) is 7.24. The maximum atomic E-state index is 4.35. The van der Waals surface area contributed by atoms with Crippen LogP contribution in [-0.2, 0) is 0 Å². The minimum Gasteiger partial charge on any atom is -0.258 e. The molecule has 1 aromatic rings. The van der Waals surface area contributed by atoms with E-state index < -0.39 is 14.1 Å². The zero-order valence-corrected chi connectivity index (χ0v) is 11.2. The molecule has 1 nitrogen and oxygen atoms in total. The number of rotatable bonds is 2. The second-order valence-electron chi connectivity index (χ2n) is 3.92. The molecule has 0 aromatic carbocycles. The standard InChI is InChI=1S/C9H8N.2C2H5.Al/c1-4-9-5-7(2)10-8(3)6-9;2*1-2;/h5-6H,2-3H3;2*1H2,2H3;. The molecule has 78 valence electrons. The van der Waals surface area contributed by atoms with Gasteiger partial charge in [-0.2, -0.15) is 4.78 Å². The van der Waals surface area contributed by atoms with Crippen LogP contribution in [0.1, 0.15) is 30.8 Å². The Balaban J connectivity index is 2.88. The normalized spacial score (nSPS) is 9.33. The molecule has 0 aliphatic rings. The summed E-state index contributed by atoms with van der Waals surface area (Å²) in [5.41, 5.74) is 3.25. The van der Waals surface area contributed by atoms with Crippen LogP contribution < -0.4 is 0 Å². The van der Waals surface area contributed by atoms with E-state index in [2.05, 4.69) is 41.7 Å². The number of aromatic nitrogens is 1. The van der Waals surface area contributed by atoms with Crippen molar-refractivity contribution in [3.8, 4) is 10.7 Å². The van der Waals surface area contributed by atoms with E-state index in [9.17, 15) is 0 Å². The van der Waals surface area contributed by atoms with Crippen molar-refractivity contribution in [3.63, 3.8) is 0 Å². The predicted molar refractivity (Wildman–Crippen MR) is 67.3 cm³/mol. The Morgan fingerprint density at radius 3 is 2.13 bits per heavy atom. The van der Waals surface area contributed by atoms with Gasteiger partial charge in [0.15, 0.2) is 0 Å². The van der Waals surface area contributed by atoms with E-state index in [0.717, 1.165) is 17.0 Å². The van der Waals surface area contributed by atoms with Crippen LogP contribution in [0.3, 0.4) is 0 Å². The Labute approximate surface area is 97.3 Å². The zero-order valence-electron chi connectivity index (χ0n) is 10.1. The van der Waals surface area contributed by atoms with Crippen LogP contribution in [-0.4, -0.2) is 19.1 Å². The summed E-state index contributed by atoms with van der Waals surface area (Å²) in [5, 5.41) is 2.54. The Hall–Kier alpha value is -0.758. The van der Waals surface area contributed by atoms with Crippen molar-refractivity contribution in [1.82, 2.24) is 4.98 Å². The van der Waals surface area contributed by atoms with Crippen LogP contribution in [0.4, 0.5) is 0 Å². The zero-order chi connectivity index (χ0) is 11.3. The summed E-state index contributed by atoms with van der Waals surface area (Å²) in [4.78, 5) is 7.80. The minimum atomic E-state index is -0.775. The second kappa shape index (κ2) is 5.96. The van der Waals surface area contributed by atoms with Gasteiger partial charge in [-0.25, -0.2) is 0 Å². The molecule has 0 unspecified atom stereocenters. The molecule has 0 bridgehead atoms. The van der Waals surface area contributed by atoms with Gasteiger partial charge in [0.1, 0.15) is 0 Å². The van der Waals surface area contributed by atoms with Gasteiger partial charge in [0.05, 0.1) is 0 Å². The van der Waals surface area contributed by atoms with E-state index >= 15 is 0 Å². The van der Waals surface area contributed by atoms with Crippen molar-refractivity contribution in [2.24, 2.45) is 0 Å². The Morgan fingerprint density at radius 1 is 1.13 bits per heavy atom. The van der Waals surface area contributed by atoms with E-state index in [1.165, 1.54) is 10.6 Å². The van der Waals surface area contributed by atoms with Crippen LogP contribution in [0.2, 0.25) is 10.6 Å². The lowest BCUT2D eigenvalue weighted by Gasteiger charge is -1.98. The lowest BCUT2D eigenvalue weighted by molar-refractivity contribution is 1.12. The Morgan fingerprint density at radius 2 is 1.67 bits per heavy atom. The van der Waals surface area contributed by atoms with Crippen LogP contribution in [0.15, 0.2) is 12.1 Å². The molecule has 2 heteroatoms. The largest absolute Gasteiger partial charge is 0.376 e. The highest BCUT2D eigenvalue weighted by atomic mass is 27.2. The molecule has 0 saturated carbocycles. The molecule has 0 N–H and O–H groups in total. The SMILES string of the molecule is C[CH2][Al]([C]#Cc1cc(C)nc(C)c1)[CH2]C. The van der Waals surface area contributed by atoms with Gasteiger partial charge in [0.25, 0.3) is 0 Å². The highest BCUT2D eigenvalue weighted by molar-refractivity contribution is 6.67. The van der Waals surface area contributed by atoms with E-state index in [1.54, 1.807) is 0 Å². The molecule has 0 spiro atoms. The molecule has 0 radical (unpaired) electrons. The first-order valence-electron chi connectivity index (χ1n) is 5.62. The monoisotopic (exact) mass is 215 g/mol. The summed E-state index contributed by atoms with van der Waals surface area (Å²) in [6.45, 7) is 8.54. The summed E-state index contributed by atoms with van der Waals surface area (Å²) in [6.07, 6.45) is 0. The van der Waals surface area contributed by atoms with Crippen LogP contribution in [0.5, 0.6) is 0 Å². The van der Waals surface area contributed by atoms with Gasteiger partial charge in [-0.05, 0) is 26.0 Å². The molecular weight excluding hydrogens is 197 g/mol. The number of hydrogen-bond donors (Lipinski definition) is 0. The first kappa shape index (κ1) is 12.3. The topological polar surface area (TPSA) is 12.9 Å². The lowest BCUT2D eigenvalue weighted by Crippen LogP contribution is -2.05. The minimum absolute atomic E-state index is 0.775. The maximum absolute atomic E-state index is 4.35. The molecule has 1 heterocycles. The molecule has 0 fully saturated rings. The Bertz CT molecular complexity index is 363. The first-order valence-corrected chi connectivity index (χ1v) is 7.83.